The van der Waals surface area contributed by atoms with Crippen molar-refractivity contribution in [1.29, 1.82) is 0 Å². The molecule has 2 aliphatic rings. The molecule has 0 atom stereocenters. The van der Waals surface area contributed by atoms with Gasteiger partial charge in [-0.15, -0.1) is 0 Å². The third kappa shape index (κ3) is 2.00. The molecule has 0 unspecified atom stereocenters. The van der Waals surface area contributed by atoms with Crippen molar-refractivity contribution < 1.29 is 0 Å². The van der Waals surface area contributed by atoms with Crippen LogP contribution < -0.4 is 0 Å². The molecule has 0 aromatic heterocycles. The van der Waals surface area contributed by atoms with E-state index in [1.165, 1.54) is 44.8 Å². The Hall–Kier alpha value is -0.195. The molecule has 2 aliphatic heterocycles. The van der Waals surface area contributed by atoms with Crippen molar-refractivity contribution in [1.82, 2.24) is 0 Å². The molecule has 0 saturated carbocycles. The van der Waals surface area contributed by atoms with Crippen LogP contribution in [0.15, 0.2) is 12.2 Å². The molecule has 72 valence electrons. The molecule has 0 aromatic carbocycles. The van der Waals surface area contributed by atoms with Crippen molar-refractivity contribution >= 4 is 6.71 Å². The van der Waals surface area contributed by atoms with Gasteiger partial charge in [-0.05, 0) is 6.92 Å². The zero-order valence-corrected chi connectivity index (χ0v) is 8.84. The van der Waals surface area contributed by atoms with E-state index >= 15 is 0 Å². The molecule has 0 spiro atoms. The predicted octanol–water partition coefficient (Wildman–Crippen LogP) is 4.17. The molecule has 2 heterocycles. The molecule has 2 rings (SSSR count). The quantitative estimate of drug-likeness (QED) is 0.437. The van der Waals surface area contributed by atoms with Crippen molar-refractivity contribution in [2.24, 2.45) is 0 Å². The van der Waals surface area contributed by atoms with Gasteiger partial charge < -0.3 is 0 Å². The van der Waals surface area contributed by atoms with Gasteiger partial charge in [0.2, 0.25) is 0 Å². The van der Waals surface area contributed by atoms with Crippen molar-refractivity contribution in [3.8, 4) is 0 Å². The van der Waals surface area contributed by atoms with Crippen LogP contribution in [0.3, 0.4) is 0 Å². The maximum absolute atomic E-state index is 2.39. The Bertz CT molecular complexity index is 164. The van der Waals surface area contributed by atoms with Crippen molar-refractivity contribution in [3.63, 3.8) is 0 Å². The summed E-state index contributed by atoms with van der Waals surface area (Å²) in [5, 5.41) is 0. The lowest BCUT2D eigenvalue weighted by Crippen LogP contribution is -2.33. The molecule has 0 aromatic rings. The lowest BCUT2D eigenvalue weighted by molar-refractivity contribution is 0.443. The Morgan fingerprint density at radius 1 is 1.08 bits per heavy atom. The van der Waals surface area contributed by atoms with E-state index in [0.29, 0.717) is 0 Å². The summed E-state index contributed by atoms with van der Waals surface area (Å²) in [6, 6.07) is 0. The van der Waals surface area contributed by atoms with Crippen LogP contribution in [-0.4, -0.2) is 6.71 Å². The third-order valence-corrected chi connectivity index (χ3v) is 4.15. The van der Waals surface area contributed by atoms with Gasteiger partial charge in [0.1, 0.15) is 6.71 Å². The molecular weight excluding hydrogens is 155 g/mol. The lowest BCUT2D eigenvalue weighted by atomic mass is 9.26. The summed E-state index contributed by atoms with van der Waals surface area (Å²) in [6.07, 6.45) is 15.1. The summed E-state index contributed by atoms with van der Waals surface area (Å²) in [5.74, 6) is 2.17. The highest BCUT2D eigenvalue weighted by atomic mass is 14.2. The fraction of sp³-hybridized carbons (Fsp3) is 0.833. The lowest BCUT2D eigenvalue weighted by Gasteiger charge is -2.40. The zero-order chi connectivity index (χ0) is 9.10. The van der Waals surface area contributed by atoms with Crippen LogP contribution in [0.5, 0.6) is 0 Å². The van der Waals surface area contributed by atoms with Gasteiger partial charge >= 0.3 is 0 Å². The average Bonchev–Trinajstić information content (AvgIpc) is 2.14. The number of hydrogen-bond acceptors (Lipinski definition) is 0. The van der Waals surface area contributed by atoms with E-state index in [4.69, 9.17) is 0 Å². The Balaban J connectivity index is 1.98. The van der Waals surface area contributed by atoms with Crippen molar-refractivity contribution in [2.75, 3.05) is 0 Å². The largest absolute Gasteiger partial charge is 0.150 e. The fourth-order valence-corrected chi connectivity index (χ4v) is 3.49. The molecule has 0 N–H and O–H groups in total. The maximum atomic E-state index is 2.39. The number of allylic oxidation sites excluding steroid dienone is 2. The second kappa shape index (κ2) is 4.35. The van der Waals surface area contributed by atoms with Crippen LogP contribution in [0.25, 0.3) is 0 Å². The van der Waals surface area contributed by atoms with Crippen molar-refractivity contribution in [2.45, 2.75) is 63.4 Å². The minimum Gasteiger partial charge on any atom is -0.0960 e. The number of rotatable bonds is 2. The number of fused-ring (bicyclic) bond motifs is 2. The average molecular weight is 176 g/mol. The fourth-order valence-electron chi connectivity index (χ4n) is 3.49. The number of hydrogen-bond donors (Lipinski definition) is 0. The Labute approximate surface area is 82.9 Å². The van der Waals surface area contributed by atoms with Gasteiger partial charge in [-0.3, -0.25) is 0 Å². The molecular formula is C12H21B. The molecule has 1 heteroatoms. The molecule has 2 fully saturated rings. The SMILES string of the molecule is CC=CCB1C2CCCC1CCC2. The highest BCUT2D eigenvalue weighted by molar-refractivity contribution is 6.63. The monoisotopic (exact) mass is 176 g/mol. The molecule has 0 amide bonds. The first-order valence-electron chi connectivity index (χ1n) is 6.03. The van der Waals surface area contributed by atoms with E-state index in [-0.39, 0.29) is 0 Å². The van der Waals surface area contributed by atoms with Gasteiger partial charge in [0.05, 0.1) is 0 Å². The highest BCUT2D eigenvalue weighted by Crippen LogP contribution is 2.47. The molecule has 0 nitrogen and oxygen atoms in total. The van der Waals surface area contributed by atoms with Crippen LogP contribution in [0.4, 0.5) is 0 Å². The smallest absolute Gasteiger partial charge is 0.0960 e. The van der Waals surface area contributed by atoms with Gasteiger partial charge in [-0.2, -0.15) is 0 Å². The molecule has 2 saturated heterocycles. The minimum absolute atomic E-state index is 1.05. The summed E-state index contributed by atoms with van der Waals surface area (Å²) in [5.41, 5.74) is 0. The second-order valence-corrected chi connectivity index (χ2v) is 4.85. The minimum atomic E-state index is 1.05. The van der Waals surface area contributed by atoms with Crippen LogP contribution in [0, 0.1) is 0 Å². The Morgan fingerprint density at radius 2 is 1.62 bits per heavy atom. The third-order valence-electron chi connectivity index (χ3n) is 4.15. The van der Waals surface area contributed by atoms with E-state index in [0.717, 1.165) is 18.3 Å². The van der Waals surface area contributed by atoms with E-state index in [9.17, 15) is 0 Å². The van der Waals surface area contributed by atoms with Gasteiger partial charge in [0, 0.05) is 0 Å². The van der Waals surface area contributed by atoms with E-state index in [1.54, 1.807) is 0 Å². The summed E-state index contributed by atoms with van der Waals surface area (Å²) < 4.78 is 0. The van der Waals surface area contributed by atoms with E-state index in [2.05, 4.69) is 19.1 Å². The predicted molar refractivity (Wildman–Crippen MR) is 60.6 cm³/mol. The first kappa shape index (κ1) is 9.36. The van der Waals surface area contributed by atoms with Gasteiger partial charge in [0.25, 0.3) is 0 Å². The maximum Gasteiger partial charge on any atom is 0.150 e. The summed E-state index contributed by atoms with van der Waals surface area (Å²) in [7, 11) is 0. The van der Waals surface area contributed by atoms with Gasteiger partial charge in [-0.25, -0.2) is 0 Å². The molecule has 13 heavy (non-hydrogen) atoms. The van der Waals surface area contributed by atoms with Crippen LogP contribution in [0.1, 0.15) is 45.4 Å². The highest BCUT2D eigenvalue weighted by Gasteiger charge is 2.37. The molecule has 2 bridgehead atoms. The Kier molecular flexibility index (Phi) is 3.13. The first-order valence-corrected chi connectivity index (χ1v) is 6.03. The Morgan fingerprint density at radius 3 is 2.08 bits per heavy atom. The summed E-state index contributed by atoms with van der Waals surface area (Å²) >= 11 is 0. The first-order chi connectivity index (χ1) is 6.42. The standard InChI is InChI=1S/C12H21B/c1-2-3-10-13-11-6-4-7-12(13)9-5-8-11/h2-3,11-12H,4-10H2,1H3. The summed E-state index contributed by atoms with van der Waals surface area (Å²) in [6.45, 7) is 3.21. The van der Waals surface area contributed by atoms with Gasteiger partial charge in [0.15, 0.2) is 0 Å². The zero-order valence-electron chi connectivity index (χ0n) is 8.84. The van der Waals surface area contributed by atoms with E-state index in [1.807, 2.05) is 0 Å². The van der Waals surface area contributed by atoms with Crippen LogP contribution in [0.2, 0.25) is 18.0 Å². The van der Waals surface area contributed by atoms with Crippen LogP contribution in [-0.2, 0) is 0 Å². The van der Waals surface area contributed by atoms with Crippen molar-refractivity contribution in [3.05, 3.63) is 12.2 Å². The second-order valence-electron chi connectivity index (χ2n) is 4.85. The van der Waals surface area contributed by atoms with Crippen LogP contribution >= 0.6 is 0 Å². The van der Waals surface area contributed by atoms with E-state index < -0.39 is 0 Å². The summed E-state index contributed by atoms with van der Waals surface area (Å²) in [4.78, 5) is 0. The molecule has 0 radical (unpaired) electrons. The normalized spacial score (nSPS) is 34.1. The van der Waals surface area contributed by atoms with Gasteiger partial charge in [-0.1, -0.05) is 68.6 Å². The molecule has 0 aliphatic carbocycles. The topological polar surface area (TPSA) is 0 Å².